The molecule has 0 amide bonds. The van der Waals surface area contributed by atoms with Gasteiger partial charge in [0.2, 0.25) is 0 Å². The first-order chi connectivity index (χ1) is 8.82. The Bertz CT molecular complexity index is 492. The molecule has 0 spiro atoms. The van der Waals surface area contributed by atoms with E-state index in [-0.39, 0.29) is 11.5 Å². The minimum atomic E-state index is 0.0315. The highest BCUT2D eigenvalue weighted by Crippen LogP contribution is 2.28. The second kappa shape index (κ2) is 6.55. The zero-order valence-corrected chi connectivity index (χ0v) is 12.6. The van der Waals surface area contributed by atoms with Gasteiger partial charge < -0.3 is 5.11 Å². The van der Waals surface area contributed by atoms with Crippen LogP contribution in [0.4, 0.5) is 0 Å². The number of phenolic OH excluding ortho intramolecular Hbond substituents is 1. The molecule has 1 N–H and O–H groups in total. The summed E-state index contributed by atoms with van der Waals surface area (Å²) in [6.45, 7) is 9.94. The average Bonchev–Trinajstić information content (AvgIpc) is 2.26. The minimum Gasteiger partial charge on any atom is -0.507 e. The first-order valence-corrected chi connectivity index (χ1v) is 6.81. The van der Waals surface area contributed by atoms with Crippen molar-refractivity contribution in [3.8, 4) is 5.75 Å². The molecule has 104 valence electrons. The summed E-state index contributed by atoms with van der Waals surface area (Å²) in [6, 6.07) is 3.82. The Kier molecular flexibility index (Phi) is 5.34. The Labute approximate surface area is 116 Å². The first kappa shape index (κ1) is 15.5. The van der Waals surface area contributed by atoms with Crippen LogP contribution < -0.4 is 0 Å². The molecule has 0 aliphatic heterocycles. The molecule has 0 aliphatic carbocycles. The van der Waals surface area contributed by atoms with Crippen molar-refractivity contribution in [1.82, 2.24) is 0 Å². The van der Waals surface area contributed by atoms with Gasteiger partial charge in [0.25, 0.3) is 0 Å². The summed E-state index contributed by atoms with van der Waals surface area (Å²) in [7, 11) is 0. The van der Waals surface area contributed by atoms with Crippen molar-refractivity contribution in [2.24, 2.45) is 5.92 Å². The molecule has 0 heterocycles. The van der Waals surface area contributed by atoms with Crippen molar-refractivity contribution in [1.29, 1.82) is 0 Å². The van der Waals surface area contributed by atoms with E-state index < -0.39 is 0 Å². The van der Waals surface area contributed by atoms with Gasteiger partial charge in [-0.05, 0) is 44.2 Å². The summed E-state index contributed by atoms with van der Waals surface area (Å²) < 4.78 is 0. The molecule has 0 unspecified atom stereocenters. The molecular formula is C17H24O2. The number of hydrogen-bond acceptors (Lipinski definition) is 2. The summed E-state index contributed by atoms with van der Waals surface area (Å²) in [4.78, 5) is 12.2. The van der Waals surface area contributed by atoms with Crippen LogP contribution in [0.2, 0.25) is 0 Å². The van der Waals surface area contributed by atoms with E-state index in [1.54, 1.807) is 0 Å². The number of Topliss-reactive ketones (excluding diaryl/α,β-unsaturated/α-hetero) is 1. The summed E-state index contributed by atoms with van der Waals surface area (Å²) >= 11 is 0. The molecular weight excluding hydrogens is 236 g/mol. The molecule has 0 radical (unpaired) electrons. The van der Waals surface area contributed by atoms with E-state index in [2.05, 4.69) is 6.08 Å². The number of aromatic hydroxyl groups is 1. The van der Waals surface area contributed by atoms with Gasteiger partial charge in [-0.25, -0.2) is 0 Å². The smallest absolute Gasteiger partial charge is 0.167 e. The summed E-state index contributed by atoms with van der Waals surface area (Å²) in [5, 5.41) is 10.3. The van der Waals surface area contributed by atoms with Gasteiger partial charge in [0.15, 0.2) is 5.78 Å². The first-order valence-electron chi connectivity index (χ1n) is 6.81. The Hall–Kier alpha value is -1.57. The minimum absolute atomic E-state index is 0.0315. The van der Waals surface area contributed by atoms with Crippen molar-refractivity contribution in [3.63, 3.8) is 0 Å². The van der Waals surface area contributed by atoms with Crippen molar-refractivity contribution in [2.75, 3.05) is 0 Å². The van der Waals surface area contributed by atoms with Gasteiger partial charge >= 0.3 is 0 Å². The van der Waals surface area contributed by atoms with Gasteiger partial charge in [-0.15, -0.1) is 0 Å². The lowest BCUT2D eigenvalue weighted by molar-refractivity contribution is 0.0964. The Morgan fingerprint density at radius 3 is 2.47 bits per heavy atom. The zero-order valence-electron chi connectivity index (χ0n) is 12.6. The van der Waals surface area contributed by atoms with Gasteiger partial charge in [0, 0.05) is 6.42 Å². The van der Waals surface area contributed by atoms with E-state index in [1.807, 2.05) is 46.8 Å². The molecule has 0 fully saturated rings. The number of aryl methyl sites for hydroxylation is 1. The van der Waals surface area contributed by atoms with E-state index in [0.717, 1.165) is 11.1 Å². The fourth-order valence-electron chi connectivity index (χ4n) is 2.04. The number of benzene rings is 1. The van der Waals surface area contributed by atoms with E-state index >= 15 is 0 Å². The quantitative estimate of drug-likeness (QED) is 0.628. The monoisotopic (exact) mass is 260 g/mol. The van der Waals surface area contributed by atoms with Gasteiger partial charge in [-0.3, -0.25) is 4.79 Å². The van der Waals surface area contributed by atoms with Crippen LogP contribution >= 0.6 is 0 Å². The predicted molar refractivity (Wildman–Crippen MR) is 79.8 cm³/mol. The maximum atomic E-state index is 12.2. The molecule has 2 nitrogen and oxygen atoms in total. The second-order valence-electron chi connectivity index (χ2n) is 5.77. The topological polar surface area (TPSA) is 37.3 Å². The van der Waals surface area contributed by atoms with Crippen LogP contribution in [0.15, 0.2) is 23.8 Å². The van der Waals surface area contributed by atoms with Crippen LogP contribution in [0.3, 0.4) is 0 Å². The van der Waals surface area contributed by atoms with Gasteiger partial charge in [0.05, 0.1) is 5.56 Å². The molecule has 1 aromatic carbocycles. The van der Waals surface area contributed by atoms with Crippen LogP contribution in [-0.4, -0.2) is 10.9 Å². The number of carbonyl (C=O) groups is 1. The Balaban J connectivity index is 3.13. The molecule has 0 bridgehead atoms. The predicted octanol–water partition coefficient (Wildman–Crippen LogP) is 4.44. The molecule has 0 aliphatic rings. The highest BCUT2D eigenvalue weighted by Gasteiger charge is 2.17. The van der Waals surface area contributed by atoms with Crippen LogP contribution in [-0.2, 0) is 6.42 Å². The maximum absolute atomic E-state index is 12.2. The number of carbonyl (C=O) groups excluding carboxylic acids is 1. The SMILES string of the molecule is CC(C)=CCc1ccc(C)c(C(=O)CC(C)C)c1O. The van der Waals surface area contributed by atoms with Gasteiger partial charge in [-0.2, -0.15) is 0 Å². The van der Waals surface area contributed by atoms with Crippen LogP contribution in [0.25, 0.3) is 0 Å². The van der Waals surface area contributed by atoms with Crippen molar-refractivity contribution in [3.05, 3.63) is 40.5 Å². The average molecular weight is 260 g/mol. The third kappa shape index (κ3) is 4.23. The lowest BCUT2D eigenvalue weighted by Crippen LogP contribution is -2.07. The Morgan fingerprint density at radius 2 is 1.95 bits per heavy atom. The normalized spacial score (nSPS) is 10.6. The standard InChI is InChI=1S/C17H24O2/c1-11(2)6-8-14-9-7-13(5)16(17(14)19)15(18)10-12(3)4/h6-7,9,12,19H,8,10H2,1-5H3. The highest BCUT2D eigenvalue weighted by atomic mass is 16.3. The summed E-state index contributed by atoms with van der Waals surface area (Å²) in [5.74, 6) is 0.486. The molecule has 2 heteroatoms. The Morgan fingerprint density at radius 1 is 1.32 bits per heavy atom. The van der Waals surface area contributed by atoms with Crippen molar-refractivity contribution < 1.29 is 9.90 Å². The fraction of sp³-hybridized carbons (Fsp3) is 0.471. The zero-order chi connectivity index (χ0) is 14.6. The molecule has 0 aromatic heterocycles. The lowest BCUT2D eigenvalue weighted by Gasteiger charge is -2.12. The van der Waals surface area contributed by atoms with Gasteiger partial charge in [-0.1, -0.05) is 37.6 Å². The summed E-state index contributed by atoms with van der Waals surface area (Å²) in [6.07, 6.45) is 3.19. The van der Waals surface area contributed by atoms with E-state index in [0.29, 0.717) is 24.3 Å². The van der Waals surface area contributed by atoms with Crippen molar-refractivity contribution in [2.45, 2.75) is 47.5 Å². The number of rotatable bonds is 5. The van der Waals surface area contributed by atoms with Crippen LogP contribution in [0.5, 0.6) is 5.75 Å². The van der Waals surface area contributed by atoms with Crippen LogP contribution in [0.1, 0.15) is 55.6 Å². The number of phenols is 1. The lowest BCUT2D eigenvalue weighted by atomic mass is 9.93. The number of allylic oxidation sites excluding steroid dienone is 2. The van der Waals surface area contributed by atoms with Crippen molar-refractivity contribution >= 4 is 5.78 Å². The molecule has 19 heavy (non-hydrogen) atoms. The molecule has 1 aromatic rings. The van der Waals surface area contributed by atoms with Gasteiger partial charge in [0.1, 0.15) is 5.75 Å². The van der Waals surface area contributed by atoms with E-state index in [9.17, 15) is 9.90 Å². The van der Waals surface area contributed by atoms with E-state index in [1.165, 1.54) is 5.57 Å². The molecule has 1 rings (SSSR count). The third-order valence-corrected chi connectivity index (χ3v) is 3.07. The molecule has 0 saturated heterocycles. The maximum Gasteiger partial charge on any atom is 0.167 e. The molecule has 0 saturated carbocycles. The fourth-order valence-corrected chi connectivity index (χ4v) is 2.04. The largest absolute Gasteiger partial charge is 0.507 e. The van der Waals surface area contributed by atoms with Crippen LogP contribution in [0, 0.1) is 12.8 Å². The number of ketones is 1. The second-order valence-corrected chi connectivity index (χ2v) is 5.77. The number of hydrogen-bond donors (Lipinski definition) is 1. The molecule has 0 atom stereocenters. The van der Waals surface area contributed by atoms with E-state index in [4.69, 9.17) is 0 Å². The third-order valence-electron chi connectivity index (χ3n) is 3.07. The summed E-state index contributed by atoms with van der Waals surface area (Å²) in [5.41, 5.74) is 3.37. The highest BCUT2D eigenvalue weighted by molar-refractivity contribution is 6.00.